The summed E-state index contributed by atoms with van der Waals surface area (Å²) < 4.78 is 1.61. The Balaban J connectivity index is 2.17. The van der Waals surface area contributed by atoms with Crippen molar-refractivity contribution in [3.05, 3.63) is 46.7 Å². The molecule has 1 aromatic heterocycles. The molecular formula is C15H19ClN4O. The number of rotatable bonds is 6. The number of halogens is 1. The highest BCUT2D eigenvalue weighted by Crippen LogP contribution is 2.21. The van der Waals surface area contributed by atoms with E-state index in [1.54, 1.807) is 24.0 Å². The molecule has 1 aromatic carbocycles. The van der Waals surface area contributed by atoms with Crippen molar-refractivity contribution in [2.75, 3.05) is 13.6 Å². The Morgan fingerprint density at radius 3 is 2.86 bits per heavy atom. The lowest BCUT2D eigenvalue weighted by Crippen LogP contribution is -2.18. The van der Waals surface area contributed by atoms with Gasteiger partial charge in [-0.1, -0.05) is 24.6 Å². The van der Waals surface area contributed by atoms with Crippen LogP contribution in [0.4, 0.5) is 0 Å². The molecule has 0 unspecified atom stereocenters. The average Bonchev–Trinajstić information content (AvgIpc) is 2.96. The van der Waals surface area contributed by atoms with Crippen molar-refractivity contribution in [2.45, 2.75) is 19.9 Å². The van der Waals surface area contributed by atoms with Crippen LogP contribution in [0.15, 0.2) is 30.5 Å². The van der Waals surface area contributed by atoms with Crippen molar-refractivity contribution in [2.24, 2.45) is 0 Å². The summed E-state index contributed by atoms with van der Waals surface area (Å²) in [6.45, 7) is 3.90. The number of hydrogen-bond donors (Lipinski definition) is 2. The monoisotopic (exact) mass is 306 g/mol. The van der Waals surface area contributed by atoms with E-state index in [4.69, 9.17) is 11.6 Å². The molecule has 0 saturated heterocycles. The first-order valence-electron chi connectivity index (χ1n) is 6.93. The number of carbonyl (C=O) groups is 1. The van der Waals surface area contributed by atoms with Gasteiger partial charge in [-0.15, -0.1) is 0 Å². The van der Waals surface area contributed by atoms with Crippen molar-refractivity contribution in [3.63, 3.8) is 0 Å². The van der Waals surface area contributed by atoms with E-state index in [2.05, 4.69) is 22.7 Å². The molecule has 21 heavy (non-hydrogen) atoms. The summed E-state index contributed by atoms with van der Waals surface area (Å²) in [6.07, 6.45) is 2.82. The Hall–Kier alpha value is -1.85. The Morgan fingerprint density at radius 1 is 1.38 bits per heavy atom. The summed E-state index contributed by atoms with van der Waals surface area (Å²) in [4.78, 5) is 11.5. The molecule has 0 saturated carbocycles. The van der Waals surface area contributed by atoms with Gasteiger partial charge in [0.05, 0.1) is 10.7 Å². The highest BCUT2D eigenvalue weighted by Gasteiger charge is 2.10. The topological polar surface area (TPSA) is 59.0 Å². The number of nitrogens with one attached hydrogen (secondary N) is 2. The van der Waals surface area contributed by atoms with Gasteiger partial charge >= 0.3 is 0 Å². The highest BCUT2D eigenvalue weighted by molar-refractivity contribution is 6.32. The number of aromatic nitrogens is 2. The normalized spacial score (nSPS) is 10.6. The molecule has 2 aromatic rings. The van der Waals surface area contributed by atoms with E-state index >= 15 is 0 Å². The van der Waals surface area contributed by atoms with Crippen LogP contribution < -0.4 is 10.6 Å². The van der Waals surface area contributed by atoms with Gasteiger partial charge in [0.15, 0.2) is 5.69 Å². The molecule has 0 atom stereocenters. The summed E-state index contributed by atoms with van der Waals surface area (Å²) in [7, 11) is 1.58. The minimum Gasteiger partial charge on any atom is -0.354 e. The summed E-state index contributed by atoms with van der Waals surface area (Å²) in [5.74, 6) is -0.217. The number of hydrogen-bond acceptors (Lipinski definition) is 3. The maximum absolute atomic E-state index is 11.5. The Morgan fingerprint density at radius 2 is 2.19 bits per heavy atom. The zero-order chi connectivity index (χ0) is 15.2. The predicted octanol–water partition coefficient (Wildman–Crippen LogP) is 2.38. The summed E-state index contributed by atoms with van der Waals surface area (Å²) in [5, 5.41) is 10.7. The van der Waals surface area contributed by atoms with Crippen molar-refractivity contribution in [1.29, 1.82) is 0 Å². The maximum Gasteiger partial charge on any atom is 0.271 e. The van der Waals surface area contributed by atoms with Gasteiger partial charge in [0.1, 0.15) is 0 Å². The van der Waals surface area contributed by atoms with Gasteiger partial charge in [-0.25, -0.2) is 4.68 Å². The molecule has 0 aliphatic heterocycles. The molecule has 2 rings (SSSR count). The summed E-state index contributed by atoms with van der Waals surface area (Å²) in [5.41, 5.74) is 2.24. The molecule has 112 valence electrons. The molecular weight excluding hydrogens is 288 g/mol. The lowest BCUT2D eigenvalue weighted by atomic mass is 10.2. The molecule has 1 heterocycles. The van der Waals surface area contributed by atoms with Gasteiger partial charge in [-0.3, -0.25) is 4.79 Å². The van der Waals surface area contributed by atoms with Crippen LogP contribution in [-0.2, 0) is 6.54 Å². The van der Waals surface area contributed by atoms with Gasteiger partial charge in [-0.2, -0.15) is 5.10 Å². The molecule has 0 spiro atoms. The van der Waals surface area contributed by atoms with Gasteiger partial charge < -0.3 is 10.6 Å². The minimum atomic E-state index is -0.217. The Kier molecular flexibility index (Phi) is 5.36. The molecule has 0 aliphatic rings. The minimum absolute atomic E-state index is 0.217. The second kappa shape index (κ2) is 7.24. The Bertz CT molecular complexity index is 624. The first-order chi connectivity index (χ1) is 10.2. The summed E-state index contributed by atoms with van der Waals surface area (Å²) >= 11 is 6.31. The second-order valence-electron chi connectivity index (χ2n) is 4.69. The molecule has 0 radical (unpaired) electrons. The van der Waals surface area contributed by atoms with Gasteiger partial charge in [0.25, 0.3) is 5.91 Å². The Labute approximate surface area is 129 Å². The quantitative estimate of drug-likeness (QED) is 0.806. The van der Waals surface area contributed by atoms with E-state index in [0.717, 1.165) is 30.8 Å². The fraction of sp³-hybridized carbons (Fsp3) is 0.333. The first kappa shape index (κ1) is 15.5. The maximum atomic E-state index is 11.5. The third kappa shape index (κ3) is 3.83. The number of carbonyl (C=O) groups excluding carboxylic acids is 1. The van der Waals surface area contributed by atoms with Crippen LogP contribution in [0.25, 0.3) is 5.69 Å². The van der Waals surface area contributed by atoms with E-state index in [-0.39, 0.29) is 5.91 Å². The third-order valence-corrected chi connectivity index (χ3v) is 3.37. The van der Waals surface area contributed by atoms with Gasteiger partial charge in [-0.05, 0) is 36.7 Å². The van der Waals surface area contributed by atoms with E-state index in [1.165, 1.54) is 0 Å². The second-order valence-corrected chi connectivity index (χ2v) is 5.09. The largest absolute Gasteiger partial charge is 0.354 e. The summed E-state index contributed by atoms with van der Waals surface area (Å²) in [6, 6.07) is 7.49. The molecule has 6 heteroatoms. The molecule has 0 bridgehead atoms. The molecule has 2 N–H and O–H groups in total. The number of nitrogens with zero attached hydrogens (tertiary/aromatic N) is 2. The fourth-order valence-electron chi connectivity index (χ4n) is 1.96. The van der Waals surface area contributed by atoms with E-state index < -0.39 is 0 Å². The van der Waals surface area contributed by atoms with Crippen molar-refractivity contribution >= 4 is 17.5 Å². The first-order valence-corrected chi connectivity index (χ1v) is 7.30. The van der Waals surface area contributed by atoms with Crippen molar-refractivity contribution < 1.29 is 4.79 Å². The van der Waals surface area contributed by atoms with E-state index in [0.29, 0.717) is 10.7 Å². The third-order valence-electron chi connectivity index (χ3n) is 3.06. The van der Waals surface area contributed by atoms with Crippen LogP contribution in [0.5, 0.6) is 0 Å². The standard InChI is InChI=1S/C15H19ClN4O/c1-3-7-18-10-11-4-5-14(12(16)9-11)20-8-6-13(19-20)15(21)17-2/h4-6,8-9,18H,3,7,10H2,1-2H3,(H,17,21). The predicted molar refractivity (Wildman–Crippen MR) is 84.0 cm³/mol. The highest BCUT2D eigenvalue weighted by atomic mass is 35.5. The molecule has 5 nitrogen and oxygen atoms in total. The van der Waals surface area contributed by atoms with Crippen LogP contribution in [0.1, 0.15) is 29.4 Å². The fourth-order valence-corrected chi connectivity index (χ4v) is 2.25. The smallest absolute Gasteiger partial charge is 0.271 e. The van der Waals surface area contributed by atoms with Crippen LogP contribution in [0.3, 0.4) is 0 Å². The number of benzene rings is 1. The lowest BCUT2D eigenvalue weighted by molar-refractivity contribution is 0.0957. The van der Waals surface area contributed by atoms with Crippen LogP contribution in [0, 0.1) is 0 Å². The zero-order valence-corrected chi connectivity index (χ0v) is 12.9. The number of amides is 1. The SMILES string of the molecule is CCCNCc1ccc(-n2ccc(C(=O)NC)n2)c(Cl)c1. The molecule has 0 aliphatic carbocycles. The molecule has 0 fully saturated rings. The van der Waals surface area contributed by atoms with Crippen LogP contribution in [0.2, 0.25) is 5.02 Å². The van der Waals surface area contributed by atoms with Crippen molar-refractivity contribution in [3.8, 4) is 5.69 Å². The van der Waals surface area contributed by atoms with Crippen LogP contribution >= 0.6 is 11.6 Å². The molecule has 1 amide bonds. The van der Waals surface area contributed by atoms with Crippen LogP contribution in [-0.4, -0.2) is 29.3 Å². The van der Waals surface area contributed by atoms with E-state index in [9.17, 15) is 4.79 Å². The average molecular weight is 307 g/mol. The van der Waals surface area contributed by atoms with Crippen molar-refractivity contribution in [1.82, 2.24) is 20.4 Å². The lowest BCUT2D eigenvalue weighted by Gasteiger charge is -2.08. The van der Waals surface area contributed by atoms with Gasteiger partial charge in [0.2, 0.25) is 0 Å². The van der Waals surface area contributed by atoms with Gasteiger partial charge in [0, 0.05) is 19.8 Å². The zero-order valence-electron chi connectivity index (χ0n) is 12.2. The van der Waals surface area contributed by atoms with E-state index in [1.807, 2.05) is 18.2 Å².